The van der Waals surface area contributed by atoms with Crippen molar-refractivity contribution in [3.63, 3.8) is 0 Å². The van der Waals surface area contributed by atoms with E-state index in [0.29, 0.717) is 12.3 Å². The van der Waals surface area contributed by atoms with Gasteiger partial charge in [-0.05, 0) is 6.07 Å². The van der Waals surface area contributed by atoms with Crippen molar-refractivity contribution in [3.8, 4) is 5.88 Å². The highest BCUT2D eigenvalue weighted by atomic mass is 16.5. The quantitative estimate of drug-likeness (QED) is 0.791. The smallest absolute Gasteiger partial charge is 0.233 e. The Morgan fingerprint density at radius 3 is 2.88 bits per heavy atom. The number of piperidine rings is 1. The number of carbonyl (C=O) groups is 1. The van der Waals surface area contributed by atoms with E-state index in [4.69, 9.17) is 4.74 Å². The number of hydrogen-bond donors (Lipinski definition) is 0. The molecule has 5 heteroatoms. The largest absolute Gasteiger partial charge is 0.473 e. The van der Waals surface area contributed by atoms with Gasteiger partial charge in [0.25, 0.3) is 0 Å². The highest BCUT2D eigenvalue weighted by molar-refractivity contribution is 5.75. The maximum atomic E-state index is 11.5. The van der Waals surface area contributed by atoms with Gasteiger partial charge in [0.05, 0.1) is 0 Å². The summed E-state index contributed by atoms with van der Waals surface area (Å²) in [6.07, 6.45) is 4.07. The average molecular weight is 235 g/mol. The minimum absolute atomic E-state index is 0.146. The molecule has 1 aromatic heterocycles. The molecule has 1 amide bonds. The molecular formula is C12H17N3O2. The van der Waals surface area contributed by atoms with Crippen molar-refractivity contribution in [2.75, 3.05) is 13.1 Å². The van der Waals surface area contributed by atoms with E-state index in [9.17, 15) is 4.79 Å². The zero-order valence-corrected chi connectivity index (χ0v) is 10.0. The molecule has 0 unspecified atom stereocenters. The van der Waals surface area contributed by atoms with Crippen LogP contribution in [0.5, 0.6) is 5.88 Å². The Balaban J connectivity index is 1.82. The van der Waals surface area contributed by atoms with Crippen LogP contribution in [0.25, 0.3) is 0 Å². The molecule has 0 N–H and O–H groups in total. The van der Waals surface area contributed by atoms with Crippen molar-refractivity contribution in [1.82, 2.24) is 15.1 Å². The predicted molar refractivity (Wildman–Crippen MR) is 62.6 cm³/mol. The Kier molecular flexibility index (Phi) is 3.90. The summed E-state index contributed by atoms with van der Waals surface area (Å²) < 4.78 is 5.71. The molecule has 5 nitrogen and oxygen atoms in total. The second kappa shape index (κ2) is 5.61. The summed E-state index contributed by atoms with van der Waals surface area (Å²) in [6.45, 7) is 3.44. The molecule has 2 heterocycles. The molecule has 92 valence electrons. The number of ether oxygens (including phenoxy) is 1. The van der Waals surface area contributed by atoms with Gasteiger partial charge in [-0.1, -0.05) is 6.92 Å². The van der Waals surface area contributed by atoms with Crippen molar-refractivity contribution in [2.24, 2.45) is 0 Å². The van der Waals surface area contributed by atoms with Crippen molar-refractivity contribution in [2.45, 2.75) is 32.3 Å². The van der Waals surface area contributed by atoms with Crippen LogP contribution in [0, 0.1) is 0 Å². The molecule has 17 heavy (non-hydrogen) atoms. The van der Waals surface area contributed by atoms with E-state index in [2.05, 4.69) is 10.2 Å². The zero-order valence-electron chi connectivity index (χ0n) is 10.0. The zero-order chi connectivity index (χ0) is 12.1. The summed E-state index contributed by atoms with van der Waals surface area (Å²) in [5, 5.41) is 7.66. The van der Waals surface area contributed by atoms with Crippen LogP contribution in [0.2, 0.25) is 0 Å². The van der Waals surface area contributed by atoms with Crippen molar-refractivity contribution < 1.29 is 9.53 Å². The first kappa shape index (κ1) is 11.8. The van der Waals surface area contributed by atoms with Gasteiger partial charge in [-0.25, -0.2) is 0 Å². The molecule has 0 spiro atoms. The molecule has 0 aliphatic carbocycles. The van der Waals surface area contributed by atoms with E-state index >= 15 is 0 Å². The van der Waals surface area contributed by atoms with Gasteiger partial charge >= 0.3 is 0 Å². The molecular weight excluding hydrogens is 218 g/mol. The van der Waals surface area contributed by atoms with E-state index in [1.54, 1.807) is 18.3 Å². The number of hydrogen-bond acceptors (Lipinski definition) is 4. The van der Waals surface area contributed by atoms with Gasteiger partial charge in [-0.3, -0.25) is 4.79 Å². The third-order valence-electron chi connectivity index (χ3n) is 2.93. The van der Waals surface area contributed by atoms with E-state index in [1.807, 2.05) is 11.8 Å². The molecule has 0 bridgehead atoms. The summed E-state index contributed by atoms with van der Waals surface area (Å²) in [5.74, 6) is 0.788. The number of amides is 1. The van der Waals surface area contributed by atoms with E-state index in [-0.39, 0.29) is 12.0 Å². The van der Waals surface area contributed by atoms with Crippen LogP contribution >= 0.6 is 0 Å². The number of aromatic nitrogens is 2. The molecule has 1 aliphatic rings. The lowest BCUT2D eigenvalue weighted by Crippen LogP contribution is -2.41. The van der Waals surface area contributed by atoms with Gasteiger partial charge in [0.1, 0.15) is 6.10 Å². The van der Waals surface area contributed by atoms with E-state index in [0.717, 1.165) is 25.9 Å². The number of carbonyl (C=O) groups excluding carboxylic acids is 1. The summed E-state index contributed by atoms with van der Waals surface area (Å²) in [5.41, 5.74) is 0. The van der Waals surface area contributed by atoms with Gasteiger partial charge < -0.3 is 9.64 Å². The van der Waals surface area contributed by atoms with Crippen LogP contribution in [0.15, 0.2) is 18.3 Å². The Labute approximate surface area is 101 Å². The Morgan fingerprint density at radius 1 is 1.53 bits per heavy atom. The predicted octanol–water partition coefficient (Wildman–Crippen LogP) is 1.26. The molecule has 1 aromatic rings. The summed E-state index contributed by atoms with van der Waals surface area (Å²) in [6, 6.07) is 3.61. The Bertz CT molecular complexity index is 361. The third kappa shape index (κ3) is 3.15. The van der Waals surface area contributed by atoms with Crippen LogP contribution in [-0.4, -0.2) is 40.2 Å². The highest BCUT2D eigenvalue weighted by Crippen LogP contribution is 2.16. The summed E-state index contributed by atoms with van der Waals surface area (Å²) >= 11 is 0. The van der Waals surface area contributed by atoms with E-state index < -0.39 is 0 Å². The normalized spacial score (nSPS) is 16.9. The van der Waals surface area contributed by atoms with Crippen molar-refractivity contribution in [3.05, 3.63) is 18.3 Å². The van der Waals surface area contributed by atoms with Gasteiger partial charge in [0.15, 0.2) is 0 Å². The van der Waals surface area contributed by atoms with Crippen molar-refractivity contribution >= 4 is 5.91 Å². The summed E-state index contributed by atoms with van der Waals surface area (Å²) in [7, 11) is 0. The molecule has 2 rings (SSSR count). The highest BCUT2D eigenvalue weighted by Gasteiger charge is 2.23. The first-order valence-electron chi connectivity index (χ1n) is 6.01. The lowest BCUT2D eigenvalue weighted by molar-refractivity contribution is -0.132. The molecule has 1 saturated heterocycles. The molecule has 1 fully saturated rings. The molecule has 1 aliphatic heterocycles. The molecule has 0 atom stereocenters. The lowest BCUT2D eigenvalue weighted by atomic mass is 10.1. The summed E-state index contributed by atoms with van der Waals surface area (Å²) in [4.78, 5) is 13.4. The third-order valence-corrected chi connectivity index (χ3v) is 2.93. The van der Waals surface area contributed by atoms with Crippen LogP contribution in [0.1, 0.15) is 26.2 Å². The topological polar surface area (TPSA) is 55.3 Å². The monoisotopic (exact) mass is 235 g/mol. The van der Waals surface area contributed by atoms with Gasteiger partial charge in [0.2, 0.25) is 11.8 Å². The average Bonchev–Trinajstić information content (AvgIpc) is 2.40. The fourth-order valence-electron chi connectivity index (χ4n) is 1.97. The van der Waals surface area contributed by atoms with Crippen LogP contribution < -0.4 is 4.74 Å². The first-order valence-corrected chi connectivity index (χ1v) is 6.01. The van der Waals surface area contributed by atoms with Gasteiger partial charge in [0, 0.05) is 44.6 Å². The van der Waals surface area contributed by atoms with E-state index in [1.165, 1.54) is 0 Å². The number of likely N-dealkylation sites (tertiary alicyclic amines) is 1. The SMILES string of the molecule is CCC(=O)N1CCC(Oc2cccnn2)CC1. The fraction of sp³-hybridized carbons (Fsp3) is 0.583. The Morgan fingerprint density at radius 2 is 2.29 bits per heavy atom. The van der Waals surface area contributed by atoms with Crippen LogP contribution in [0.4, 0.5) is 0 Å². The van der Waals surface area contributed by atoms with Gasteiger partial charge in [-0.2, -0.15) is 5.10 Å². The molecule has 0 saturated carbocycles. The second-order valence-electron chi connectivity index (χ2n) is 4.11. The fourth-order valence-corrected chi connectivity index (χ4v) is 1.97. The minimum Gasteiger partial charge on any atom is -0.473 e. The maximum Gasteiger partial charge on any atom is 0.233 e. The molecule has 0 radical (unpaired) electrons. The number of nitrogens with zero attached hydrogens (tertiary/aromatic N) is 3. The first-order chi connectivity index (χ1) is 8.29. The van der Waals surface area contributed by atoms with Crippen LogP contribution in [0.3, 0.4) is 0 Å². The standard InChI is InChI=1S/C12H17N3O2/c1-2-12(16)15-8-5-10(6-9-15)17-11-4-3-7-13-14-11/h3-4,7,10H,2,5-6,8-9H2,1H3. The van der Waals surface area contributed by atoms with Gasteiger partial charge in [-0.15, -0.1) is 5.10 Å². The van der Waals surface area contributed by atoms with Crippen LogP contribution in [-0.2, 0) is 4.79 Å². The second-order valence-corrected chi connectivity index (χ2v) is 4.11. The molecule has 0 aromatic carbocycles. The maximum absolute atomic E-state index is 11.5. The number of rotatable bonds is 3. The van der Waals surface area contributed by atoms with Crippen molar-refractivity contribution in [1.29, 1.82) is 0 Å². The minimum atomic E-state index is 0.146. The lowest BCUT2D eigenvalue weighted by Gasteiger charge is -2.31. The Hall–Kier alpha value is -1.65.